The van der Waals surface area contributed by atoms with Gasteiger partial charge in [-0.2, -0.15) is 0 Å². The van der Waals surface area contributed by atoms with Crippen molar-refractivity contribution >= 4 is 21.9 Å². The number of carboxylic acids is 1. The van der Waals surface area contributed by atoms with Gasteiger partial charge >= 0.3 is 5.97 Å². The largest absolute Gasteiger partial charge is 0.482 e. The molecule has 3 aromatic carbocycles. The molecule has 1 aliphatic heterocycles. The van der Waals surface area contributed by atoms with Crippen LogP contribution in [0.3, 0.4) is 0 Å². The lowest BCUT2D eigenvalue weighted by Gasteiger charge is -2.43. The first-order chi connectivity index (χ1) is 16.4. The zero-order valence-electron chi connectivity index (χ0n) is 19.2. The summed E-state index contributed by atoms with van der Waals surface area (Å²) in [4.78, 5) is 11.1. The van der Waals surface area contributed by atoms with Crippen molar-refractivity contribution in [3.05, 3.63) is 112 Å². The third-order valence-corrected chi connectivity index (χ3v) is 6.96. The van der Waals surface area contributed by atoms with E-state index in [1.54, 1.807) is 0 Å². The third-order valence-electron chi connectivity index (χ3n) is 6.43. The van der Waals surface area contributed by atoms with Gasteiger partial charge in [-0.3, -0.25) is 0 Å². The lowest BCUT2D eigenvalue weighted by molar-refractivity contribution is -0.139. The minimum atomic E-state index is -1.01. The Morgan fingerprint density at radius 3 is 2.41 bits per heavy atom. The van der Waals surface area contributed by atoms with Gasteiger partial charge in [0.05, 0.1) is 12.2 Å². The maximum absolute atomic E-state index is 11.1. The number of para-hydroxylation sites is 1. The molecule has 1 N–H and O–H groups in total. The van der Waals surface area contributed by atoms with Crippen molar-refractivity contribution in [2.75, 3.05) is 6.61 Å². The molecule has 1 aliphatic rings. The number of ether oxygens (including phenoxy) is 2. The van der Waals surface area contributed by atoms with Crippen LogP contribution in [0.2, 0.25) is 0 Å². The molecule has 0 bridgehead atoms. The highest BCUT2D eigenvalue weighted by Gasteiger charge is 2.40. The van der Waals surface area contributed by atoms with Crippen LogP contribution in [-0.2, 0) is 16.0 Å². The van der Waals surface area contributed by atoms with Gasteiger partial charge in [-0.25, -0.2) is 4.79 Å². The van der Waals surface area contributed by atoms with Crippen LogP contribution < -0.4 is 4.74 Å². The smallest absolute Gasteiger partial charge is 0.341 e. The zero-order chi connectivity index (χ0) is 24.1. The monoisotopic (exact) mass is 520 g/mol. The summed E-state index contributed by atoms with van der Waals surface area (Å²) in [5.41, 5.74) is 4.36. The first-order valence-electron chi connectivity index (χ1n) is 11.5. The number of rotatable bonds is 8. The summed E-state index contributed by atoms with van der Waals surface area (Å²) in [6.07, 6.45) is 1.32. The Morgan fingerprint density at radius 1 is 1.06 bits per heavy atom. The first kappa shape index (κ1) is 24.2. The average molecular weight is 521 g/mol. The molecule has 0 aliphatic carbocycles. The Hall–Kier alpha value is -2.89. The van der Waals surface area contributed by atoms with Gasteiger partial charge in [0.2, 0.25) is 0 Å². The minimum Gasteiger partial charge on any atom is -0.482 e. The second-order valence-corrected chi connectivity index (χ2v) is 9.77. The van der Waals surface area contributed by atoms with Gasteiger partial charge in [-0.1, -0.05) is 88.7 Å². The van der Waals surface area contributed by atoms with Gasteiger partial charge in [0.25, 0.3) is 0 Å². The van der Waals surface area contributed by atoms with E-state index in [-0.39, 0.29) is 24.0 Å². The van der Waals surface area contributed by atoms with Gasteiger partial charge in [-0.05, 0) is 49.1 Å². The van der Waals surface area contributed by atoms with Gasteiger partial charge < -0.3 is 14.6 Å². The SMILES string of the molecule is C=C(C)[C@@H]1C[C@H](c2ccc(Br)cc2)[C@@H](Cc2ccccc2)O[C@H]1c1ccccc1OCC(=O)O. The maximum Gasteiger partial charge on any atom is 0.341 e. The van der Waals surface area contributed by atoms with Crippen LogP contribution in [0, 0.1) is 5.92 Å². The van der Waals surface area contributed by atoms with Crippen molar-refractivity contribution in [2.24, 2.45) is 5.92 Å². The van der Waals surface area contributed by atoms with Crippen LogP contribution in [0.1, 0.15) is 42.1 Å². The molecule has 4 nitrogen and oxygen atoms in total. The van der Waals surface area contributed by atoms with Crippen LogP contribution in [0.25, 0.3) is 0 Å². The van der Waals surface area contributed by atoms with Crippen LogP contribution in [-0.4, -0.2) is 23.8 Å². The number of halogens is 1. The second kappa shape index (κ2) is 11.0. The molecule has 34 heavy (non-hydrogen) atoms. The Morgan fingerprint density at radius 2 is 1.74 bits per heavy atom. The highest BCUT2D eigenvalue weighted by molar-refractivity contribution is 9.10. The molecule has 0 amide bonds. The topological polar surface area (TPSA) is 55.8 Å². The van der Waals surface area contributed by atoms with E-state index in [4.69, 9.17) is 14.6 Å². The molecule has 0 aromatic heterocycles. The summed E-state index contributed by atoms with van der Waals surface area (Å²) >= 11 is 3.55. The van der Waals surface area contributed by atoms with E-state index in [2.05, 4.69) is 71.0 Å². The Labute approximate surface area is 209 Å². The molecule has 0 saturated carbocycles. The molecular weight excluding hydrogens is 492 g/mol. The number of benzene rings is 3. The van der Waals surface area contributed by atoms with E-state index in [1.165, 1.54) is 11.1 Å². The van der Waals surface area contributed by atoms with Crippen molar-refractivity contribution in [2.45, 2.75) is 37.9 Å². The van der Waals surface area contributed by atoms with E-state index in [0.717, 1.165) is 28.5 Å². The average Bonchev–Trinajstić information content (AvgIpc) is 2.84. The molecule has 1 heterocycles. The Balaban J connectivity index is 1.71. The normalized spacial score (nSPS) is 22.2. The van der Waals surface area contributed by atoms with Crippen molar-refractivity contribution in [1.29, 1.82) is 0 Å². The van der Waals surface area contributed by atoms with E-state index in [1.807, 2.05) is 37.3 Å². The fourth-order valence-corrected chi connectivity index (χ4v) is 5.02. The number of carbonyl (C=O) groups is 1. The molecule has 176 valence electrons. The quantitative estimate of drug-likeness (QED) is 0.326. The predicted molar refractivity (Wildman–Crippen MR) is 137 cm³/mol. The highest BCUT2D eigenvalue weighted by atomic mass is 79.9. The first-order valence-corrected chi connectivity index (χ1v) is 12.3. The summed E-state index contributed by atoms with van der Waals surface area (Å²) in [7, 11) is 0. The number of hydrogen-bond acceptors (Lipinski definition) is 3. The van der Waals surface area contributed by atoms with Crippen LogP contribution in [0.5, 0.6) is 5.75 Å². The number of carboxylic acid groups (broad SMARTS) is 1. The van der Waals surface area contributed by atoms with Crippen LogP contribution >= 0.6 is 15.9 Å². The van der Waals surface area contributed by atoms with Gasteiger partial charge in [0.1, 0.15) is 5.75 Å². The van der Waals surface area contributed by atoms with E-state index < -0.39 is 12.6 Å². The van der Waals surface area contributed by atoms with Crippen molar-refractivity contribution in [3.63, 3.8) is 0 Å². The molecule has 0 unspecified atom stereocenters. The summed E-state index contributed by atoms with van der Waals surface area (Å²) in [5, 5.41) is 9.13. The second-order valence-electron chi connectivity index (χ2n) is 8.85. The summed E-state index contributed by atoms with van der Waals surface area (Å²) in [5.74, 6) is -0.205. The van der Waals surface area contributed by atoms with Gasteiger partial charge in [0, 0.05) is 21.9 Å². The summed E-state index contributed by atoms with van der Waals surface area (Å²) in [6.45, 7) is 5.93. The molecule has 1 saturated heterocycles. The molecular formula is C29H29BrO4. The maximum atomic E-state index is 11.1. The molecule has 0 spiro atoms. The molecule has 1 fully saturated rings. The Kier molecular flexibility index (Phi) is 7.86. The predicted octanol–water partition coefficient (Wildman–Crippen LogP) is 6.96. The highest BCUT2D eigenvalue weighted by Crippen LogP contribution is 2.48. The molecule has 4 atom stereocenters. The fourth-order valence-electron chi connectivity index (χ4n) is 4.76. The van der Waals surface area contributed by atoms with Gasteiger partial charge in [0.15, 0.2) is 6.61 Å². The van der Waals surface area contributed by atoms with Crippen molar-refractivity contribution in [3.8, 4) is 5.75 Å². The number of hydrogen-bond donors (Lipinski definition) is 1. The number of aliphatic carboxylic acids is 1. The van der Waals surface area contributed by atoms with Gasteiger partial charge in [-0.15, -0.1) is 0 Å². The standard InChI is InChI=1S/C29H29BrO4/c1-19(2)24-17-25(21-12-14-22(30)15-13-21)27(16-20-8-4-3-5-9-20)34-29(24)23-10-6-7-11-26(23)33-18-28(31)32/h3-15,24-25,27,29H,1,16-18H2,2H3,(H,31,32)/t24-,25+,27+,29-/m0/s1. The molecule has 4 rings (SSSR count). The summed E-state index contributed by atoms with van der Waals surface area (Å²) < 4.78 is 13.6. The lowest BCUT2D eigenvalue weighted by atomic mass is 9.74. The zero-order valence-corrected chi connectivity index (χ0v) is 20.8. The van der Waals surface area contributed by atoms with E-state index in [0.29, 0.717) is 5.75 Å². The minimum absolute atomic E-state index is 0.0586. The van der Waals surface area contributed by atoms with Crippen molar-refractivity contribution in [1.82, 2.24) is 0 Å². The van der Waals surface area contributed by atoms with Crippen molar-refractivity contribution < 1.29 is 19.4 Å². The van der Waals surface area contributed by atoms with E-state index >= 15 is 0 Å². The Bertz CT molecular complexity index is 1130. The summed E-state index contributed by atoms with van der Waals surface area (Å²) in [6, 6.07) is 26.4. The van der Waals surface area contributed by atoms with E-state index in [9.17, 15) is 4.79 Å². The molecule has 3 aromatic rings. The van der Waals surface area contributed by atoms with Crippen LogP contribution in [0.4, 0.5) is 0 Å². The third kappa shape index (κ3) is 5.78. The van der Waals surface area contributed by atoms with Crippen LogP contribution in [0.15, 0.2) is 95.5 Å². The molecule has 5 heteroatoms. The molecule has 0 radical (unpaired) electrons. The fraction of sp³-hybridized carbons (Fsp3) is 0.276. The lowest BCUT2D eigenvalue weighted by Crippen LogP contribution is -2.37.